The molecule has 1 aliphatic heterocycles. The van der Waals surface area contributed by atoms with Gasteiger partial charge in [0.2, 0.25) is 11.8 Å². The molecule has 0 unspecified atom stereocenters. The van der Waals surface area contributed by atoms with Crippen LogP contribution in [0.1, 0.15) is 48.3 Å². The molecule has 0 N–H and O–H groups in total. The zero-order chi connectivity index (χ0) is 20.5. The van der Waals surface area contributed by atoms with Crippen LogP contribution < -0.4 is 4.74 Å². The van der Waals surface area contributed by atoms with Crippen LogP contribution in [0.25, 0.3) is 11.1 Å². The molecular weight excluding hydrogens is 371 g/mol. The predicted octanol–water partition coefficient (Wildman–Crippen LogP) is 5.11. The van der Waals surface area contributed by atoms with Gasteiger partial charge in [0.25, 0.3) is 0 Å². The number of carbonyl (C=O) groups is 1. The number of rotatable bonds is 5. The van der Waals surface area contributed by atoms with Crippen molar-refractivity contribution >= 4 is 5.97 Å². The number of alkyl halides is 2. The Kier molecular flexibility index (Phi) is 5.63. The van der Waals surface area contributed by atoms with Crippen molar-refractivity contribution in [1.29, 1.82) is 0 Å². The van der Waals surface area contributed by atoms with E-state index in [2.05, 4.69) is 4.98 Å². The summed E-state index contributed by atoms with van der Waals surface area (Å²) >= 11 is 0. The van der Waals surface area contributed by atoms with Crippen LogP contribution in [0.15, 0.2) is 24.3 Å². The van der Waals surface area contributed by atoms with Crippen LogP contribution in [0.3, 0.4) is 0 Å². The maximum atomic E-state index is 14.6. The molecule has 3 rings (SSSR count). The summed E-state index contributed by atoms with van der Waals surface area (Å²) in [6, 6.07) is 6.26. The van der Waals surface area contributed by atoms with Crippen molar-refractivity contribution in [2.75, 3.05) is 6.61 Å². The van der Waals surface area contributed by atoms with E-state index in [1.165, 1.54) is 12.1 Å². The van der Waals surface area contributed by atoms with Gasteiger partial charge in [-0.1, -0.05) is 12.1 Å². The van der Waals surface area contributed by atoms with Gasteiger partial charge in [-0.15, -0.1) is 0 Å². The summed E-state index contributed by atoms with van der Waals surface area (Å²) in [4.78, 5) is 16.4. The Labute approximate surface area is 161 Å². The highest BCUT2D eigenvalue weighted by Crippen LogP contribution is 2.38. The molecule has 0 fully saturated rings. The SMILES string of the molecule is CCOC(=O)c1cc(-c2ccc(C)cc2F)c2c(n1)O[C@@H](CC(C)(F)F)CC2. The van der Waals surface area contributed by atoms with E-state index in [1.807, 2.05) is 0 Å². The lowest BCUT2D eigenvalue weighted by Crippen LogP contribution is -2.30. The molecule has 1 aromatic carbocycles. The molecule has 28 heavy (non-hydrogen) atoms. The second-order valence-electron chi connectivity index (χ2n) is 7.10. The van der Waals surface area contributed by atoms with Gasteiger partial charge in [0.05, 0.1) is 6.61 Å². The van der Waals surface area contributed by atoms with Crippen molar-refractivity contribution in [2.24, 2.45) is 0 Å². The standard InChI is InChI=1S/C21H22F3NO3/c1-4-27-20(26)18-10-16(14-7-5-12(2)9-17(14)22)15-8-6-13(11-21(3,23)24)28-19(15)25-18/h5,7,9-10,13H,4,6,8,11H2,1-3H3/t13-/m1/s1. The lowest BCUT2D eigenvalue weighted by atomic mass is 9.92. The van der Waals surface area contributed by atoms with Crippen LogP contribution in [0, 0.1) is 12.7 Å². The number of fused-ring (bicyclic) bond motifs is 1. The van der Waals surface area contributed by atoms with Gasteiger partial charge in [-0.2, -0.15) is 0 Å². The van der Waals surface area contributed by atoms with Crippen molar-refractivity contribution < 1.29 is 27.4 Å². The molecule has 2 heterocycles. The van der Waals surface area contributed by atoms with E-state index in [4.69, 9.17) is 9.47 Å². The number of aryl methyl sites for hydroxylation is 1. The van der Waals surface area contributed by atoms with Crippen LogP contribution in [0.5, 0.6) is 5.88 Å². The molecular formula is C21H22F3NO3. The van der Waals surface area contributed by atoms with Gasteiger partial charge in [0, 0.05) is 17.5 Å². The third-order valence-corrected chi connectivity index (χ3v) is 4.57. The van der Waals surface area contributed by atoms with Gasteiger partial charge in [0.15, 0.2) is 5.69 Å². The van der Waals surface area contributed by atoms with E-state index in [-0.39, 0.29) is 18.2 Å². The number of carbonyl (C=O) groups excluding carboxylic acids is 1. The molecule has 2 aromatic rings. The van der Waals surface area contributed by atoms with Crippen LogP contribution >= 0.6 is 0 Å². The van der Waals surface area contributed by atoms with Crippen molar-refractivity contribution in [3.63, 3.8) is 0 Å². The van der Waals surface area contributed by atoms with Crippen LogP contribution in [0.4, 0.5) is 13.2 Å². The van der Waals surface area contributed by atoms with Gasteiger partial charge in [-0.05, 0) is 56.9 Å². The Morgan fingerprint density at radius 1 is 1.32 bits per heavy atom. The minimum atomic E-state index is -2.88. The Balaban J connectivity index is 2.08. The fraction of sp³-hybridized carbons (Fsp3) is 0.429. The molecule has 0 radical (unpaired) electrons. The lowest BCUT2D eigenvalue weighted by molar-refractivity contribution is -0.0265. The highest BCUT2D eigenvalue weighted by Gasteiger charge is 2.33. The van der Waals surface area contributed by atoms with Gasteiger partial charge in [-0.3, -0.25) is 0 Å². The predicted molar refractivity (Wildman–Crippen MR) is 98.3 cm³/mol. The minimum Gasteiger partial charge on any atom is -0.474 e. The number of esters is 1. The average Bonchev–Trinajstić information content (AvgIpc) is 2.59. The number of halogens is 3. The highest BCUT2D eigenvalue weighted by atomic mass is 19.3. The molecule has 0 bridgehead atoms. The number of pyridine rings is 1. The lowest BCUT2D eigenvalue weighted by Gasteiger charge is -2.28. The second-order valence-corrected chi connectivity index (χ2v) is 7.10. The van der Waals surface area contributed by atoms with Gasteiger partial charge in [-0.25, -0.2) is 22.9 Å². The fourth-order valence-corrected chi connectivity index (χ4v) is 3.34. The molecule has 0 saturated carbocycles. The Morgan fingerprint density at radius 2 is 2.07 bits per heavy atom. The number of hydrogen-bond acceptors (Lipinski definition) is 4. The van der Waals surface area contributed by atoms with E-state index < -0.39 is 30.2 Å². The fourth-order valence-electron chi connectivity index (χ4n) is 3.34. The first-order chi connectivity index (χ1) is 13.2. The first-order valence-corrected chi connectivity index (χ1v) is 9.20. The first kappa shape index (κ1) is 20.2. The topological polar surface area (TPSA) is 48.4 Å². The molecule has 1 aliphatic rings. The third-order valence-electron chi connectivity index (χ3n) is 4.57. The Hall–Kier alpha value is -2.57. The molecule has 0 saturated heterocycles. The molecule has 1 aromatic heterocycles. The van der Waals surface area contributed by atoms with Crippen molar-refractivity contribution in [1.82, 2.24) is 4.98 Å². The summed E-state index contributed by atoms with van der Waals surface area (Å²) in [5, 5.41) is 0. The second kappa shape index (κ2) is 7.81. The van der Waals surface area contributed by atoms with Crippen LogP contribution in [0.2, 0.25) is 0 Å². The molecule has 0 amide bonds. The molecule has 4 nitrogen and oxygen atoms in total. The summed E-state index contributed by atoms with van der Waals surface area (Å²) < 4.78 is 52.1. The molecule has 0 spiro atoms. The highest BCUT2D eigenvalue weighted by molar-refractivity contribution is 5.90. The number of hydrogen-bond donors (Lipinski definition) is 0. The zero-order valence-corrected chi connectivity index (χ0v) is 16.0. The van der Waals surface area contributed by atoms with Crippen LogP contribution in [-0.2, 0) is 11.2 Å². The van der Waals surface area contributed by atoms with E-state index in [1.54, 1.807) is 26.0 Å². The number of aromatic nitrogens is 1. The first-order valence-electron chi connectivity index (χ1n) is 9.20. The van der Waals surface area contributed by atoms with E-state index >= 15 is 0 Å². The quantitative estimate of drug-likeness (QED) is 0.662. The molecule has 150 valence electrons. The maximum absolute atomic E-state index is 14.6. The zero-order valence-electron chi connectivity index (χ0n) is 16.0. The van der Waals surface area contributed by atoms with Crippen molar-refractivity contribution in [3.8, 4) is 17.0 Å². The van der Waals surface area contributed by atoms with Gasteiger partial charge < -0.3 is 9.47 Å². The largest absolute Gasteiger partial charge is 0.474 e. The van der Waals surface area contributed by atoms with Gasteiger partial charge in [0.1, 0.15) is 11.9 Å². The average molecular weight is 393 g/mol. The maximum Gasteiger partial charge on any atom is 0.357 e. The van der Waals surface area contributed by atoms with Crippen LogP contribution in [-0.4, -0.2) is 29.6 Å². The third kappa shape index (κ3) is 4.46. The number of benzene rings is 1. The summed E-state index contributed by atoms with van der Waals surface area (Å²) in [6.45, 7) is 4.42. The monoisotopic (exact) mass is 393 g/mol. The molecule has 1 atom stereocenters. The summed E-state index contributed by atoms with van der Waals surface area (Å²) in [5.74, 6) is -3.91. The molecule has 7 heteroatoms. The van der Waals surface area contributed by atoms with E-state index in [9.17, 15) is 18.0 Å². The Bertz CT molecular complexity index is 893. The van der Waals surface area contributed by atoms with E-state index in [0.29, 0.717) is 29.5 Å². The van der Waals surface area contributed by atoms with Crippen molar-refractivity contribution in [2.45, 2.75) is 52.1 Å². The summed E-state index contributed by atoms with van der Waals surface area (Å²) in [5.41, 5.74) is 2.09. The summed E-state index contributed by atoms with van der Waals surface area (Å²) in [7, 11) is 0. The number of nitrogens with zero attached hydrogens (tertiary/aromatic N) is 1. The summed E-state index contributed by atoms with van der Waals surface area (Å²) in [6.07, 6.45) is -0.425. The smallest absolute Gasteiger partial charge is 0.357 e. The normalized spacial score (nSPS) is 16.3. The minimum absolute atomic E-state index is 0.0421. The van der Waals surface area contributed by atoms with Crippen molar-refractivity contribution in [3.05, 3.63) is 46.9 Å². The Morgan fingerprint density at radius 3 is 2.71 bits per heavy atom. The molecule has 0 aliphatic carbocycles. The van der Waals surface area contributed by atoms with E-state index in [0.717, 1.165) is 12.5 Å². The number of ether oxygens (including phenoxy) is 2. The van der Waals surface area contributed by atoms with Gasteiger partial charge >= 0.3 is 5.97 Å².